The van der Waals surface area contributed by atoms with Gasteiger partial charge in [-0.25, -0.2) is 9.59 Å². The van der Waals surface area contributed by atoms with E-state index in [1.54, 1.807) is 6.07 Å². The summed E-state index contributed by atoms with van der Waals surface area (Å²) in [4.78, 5) is 27.8. The molecule has 5 aromatic carbocycles. The summed E-state index contributed by atoms with van der Waals surface area (Å²) in [6, 6.07) is 40.3. The van der Waals surface area contributed by atoms with Gasteiger partial charge in [-0.2, -0.15) is 0 Å². The zero-order chi connectivity index (χ0) is 32.8. The standard InChI is InChI=1S/C41H38ClNO4/c1-3-4-22-38(43-40(45)46-27-35-33-18-10-8-16-31(33)32-17-9-11-19-34(32)35)39(44)47-41(29-14-6-5-7-15-29,30-25-23-28(2)24-26-30)36-20-12-13-21-37(36)42/h5-21,23-26,35,38H,3-4,22,27H2,1-2H3,(H,43,45)/t38-,41?/m0/s1. The Morgan fingerprint density at radius 3 is 1.98 bits per heavy atom. The van der Waals surface area contributed by atoms with Crippen molar-refractivity contribution in [2.45, 2.75) is 50.7 Å². The molecule has 0 fully saturated rings. The van der Waals surface area contributed by atoms with E-state index in [4.69, 9.17) is 21.1 Å². The molecule has 5 aromatic rings. The molecular weight excluding hydrogens is 606 g/mol. The molecule has 2 atom stereocenters. The minimum atomic E-state index is -1.38. The number of halogens is 1. The molecule has 0 saturated carbocycles. The molecular formula is C41H38ClNO4. The Hall–Kier alpha value is -4.87. The van der Waals surface area contributed by atoms with Gasteiger partial charge in [0.15, 0.2) is 5.60 Å². The van der Waals surface area contributed by atoms with Crippen LogP contribution in [0.5, 0.6) is 0 Å². The maximum atomic E-state index is 14.4. The molecule has 1 unspecified atom stereocenters. The lowest BCUT2D eigenvalue weighted by atomic mass is 9.79. The molecule has 1 N–H and O–H groups in total. The Morgan fingerprint density at radius 1 is 0.766 bits per heavy atom. The van der Waals surface area contributed by atoms with E-state index in [1.165, 1.54) is 0 Å². The molecule has 1 aliphatic rings. The van der Waals surface area contributed by atoms with Gasteiger partial charge in [-0.1, -0.05) is 158 Å². The van der Waals surface area contributed by atoms with Crippen LogP contribution in [0.15, 0.2) is 127 Å². The van der Waals surface area contributed by atoms with Gasteiger partial charge < -0.3 is 14.8 Å². The second kappa shape index (κ2) is 14.3. The molecule has 0 saturated heterocycles. The molecule has 0 bridgehead atoms. The lowest BCUT2D eigenvalue weighted by Gasteiger charge is -2.37. The molecule has 1 aliphatic carbocycles. The maximum Gasteiger partial charge on any atom is 0.407 e. The van der Waals surface area contributed by atoms with E-state index in [0.29, 0.717) is 23.4 Å². The average Bonchev–Trinajstić information content (AvgIpc) is 3.42. The van der Waals surface area contributed by atoms with Gasteiger partial charge in [0.1, 0.15) is 12.6 Å². The first-order valence-corrected chi connectivity index (χ1v) is 16.5. The highest BCUT2D eigenvalue weighted by Crippen LogP contribution is 2.45. The van der Waals surface area contributed by atoms with E-state index < -0.39 is 23.7 Å². The fraction of sp³-hybridized carbons (Fsp3) is 0.220. The quantitative estimate of drug-likeness (QED) is 0.115. The number of alkyl carbamates (subject to hydrolysis) is 1. The fourth-order valence-corrected chi connectivity index (χ4v) is 6.79. The number of esters is 1. The zero-order valence-corrected chi connectivity index (χ0v) is 27.4. The van der Waals surface area contributed by atoms with Gasteiger partial charge in [-0.15, -0.1) is 0 Å². The van der Waals surface area contributed by atoms with Crippen molar-refractivity contribution in [3.8, 4) is 11.1 Å². The smallest absolute Gasteiger partial charge is 0.407 e. The van der Waals surface area contributed by atoms with Crippen molar-refractivity contribution in [2.75, 3.05) is 6.61 Å². The van der Waals surface area contributed by atoms with Crippen LogP contribution in [0.4, 0.5) is 4.79 Å². The number of carbonyl (C=O) groups is 2. The Kier molecular flexibility index (Phi) is 9.74. The van der Waals surface area contributed by atoms with Crippen LogP contribution in [0.25, 0.3) is 11.1 Å². The molecule has 0 spiro atoms. The van der Waals surface area contributed by atoms with Crippen LogP contribution in [-0.4, -0.2) is 24.7 Å². The number of nitrogens with one attached hydrogen (secondary N) is 1. The lowest BCUT2D eigenvalue weighted by molar-refractivity contribution is -0.156. The van der Waals surface area contributed by atoms with E-state index >= 15 is 0 Å². The molecule has 1 amide bonds. The van der Waals surface area contributed by atoms with Gasteiger partial charge in [0, 0.05) is 27.6 Å². The second-order valence-electron chi connectivity index (χ2n) is 12.0. The van der Waals surface area contributed by atoms with Crippen LogP contribution >= 0.6 is 11.6 Å². The van der Waals surface area contributed by atoms with Crippen molar-refractivity contribution in [3.63, 3.8) is 0 Å². The number of fused-ring (bicyclic) bond motifs is 3. The predicted octanol–water partition coefficient (Wildman–Crippen LogP) is 9.58. The van der Waals surface area contributed by atoms with Crippen LogP contribution in [0.2, 0.25) is 5.02 Å². The van der Waals surface area contributed by atoms with Crippen molar-refractivity contribution in [2.24, 2.45) is 0 Å². The number of unbranched alkanes of at least 4 members (excludes halogenated alkanes) is 1. The number of carbonyl (C=O) groups excluding carboxylic acids is 2. The van der Waals surface area contributed by atoms with Gasteiger partial charge in [-0.05, 0) is 41.7 Å². The topological polar surface area (TPSA) is 64.6 Å². The molecule has 6 rings (SSSR count). The summed E-state index contributed by atoms with van der Waals surface area (Å²) in [5.74, 6) is -0.669. The number of rotatable bonds is 11. The highest BCUT2D eigenvalue weighted by Gasteiger charge is 2.43. The average molecular weight is 644 g/mol. The summed E-state index contributed by atoms with van der Waals surface area (Å²) in [6.07, 6.45) is 1.27. The molecule has 47 heavy (non-hydrogen) atoms. The van der Waals surface area contributed by atoms with Crippen LogP contribution in [0.1, 0.15) is 65.5 Å². The molecule has 6 heteroatoms. The minimum Gasteiger partial charge on any atom is -0.449 e. The number of hydrogen-bond donors (Lipinski definition) is 1. The molecule has 5 nitrogen and oxygen atoms in total. The minimum absolute atomic E-state index is 0.0957. The van der Waals surface area contributed by atoms with Crippen molar-refractivity contribution >= 4 is 23.7 Å². The van der Waals surface area contributed by atoms with Gasteiger partial charge in [0.05, 0.1) is 0 Å². The second-order valence-corrected chi connectivity index (χ2v) is 12.4. The predicted molar refractivity (Wildman–Crippen MR) is 187 cm³/mol. The Balaban J connectivity index is 1.30. The van der Waals surface area contributed by atoms with Crippen molar-refractivity contribution in [1.29, 1.82) is 0 Å². The third-order valence-corrected chi connectivity index (χ3v) is 9.24. The Labute approximate surface area is 281 Å². The molecule has 0 radical (unpaired) electrons. The van der Waals surface area contributed by atoms with E-state index in [0.717, 1.165) is 45.4 Å². The third-order valence-electron chi connectivity index (χ3n) is 8.91. The van der Waals surface area contributed by atoms with E-state index in [2.05, 4.69) is 29.6 Å². The number of amides is 1. The number of aryl methyl sites for hydroxylation is 1. The summed E-state index contributed by atoms with van der Waals surface area (Å²) in [7, 11) is 0. The number of hydrogen-bond acceptors (Lipinski definition) is 4. The third kappa shape index (κ3) is 6.54. The largest absolute Gasteiger partial charge is 0.449 e. The van der Waals surface area contributed by atoms with Crippen molar-refractivity contribution < 1.29 is 19.1 Å². The molecule has 0 aromatic heterocycles. The van der Waals surface area contributed by atoms with Gasteiger partial charge >= 0.3 is 12.1 Å². The van der Waals surface area contributed by atoms with E-state index in [9.17, 15) is 9.59 Å². The molecule has 0 aliphatic heterocycles. The Morgan fingerprint density at radius 2 is 1.34 bits per heavy atom. The zero-order valence-electron chi connectivity index (χ0n) is 26.6. The molecule has 238 valence electrons. The van der Waals surface area contributed by atoms with Gasteiger partial charge in [0.2, 0.25) is 0 Å². The van der Waals surface area contributed by atoms with Crippen molar-refractivity contribution in [3.05, 3.63) is 166 Å². The SMILES string of the molecule is CCCC[C@H](NC(=O)OCC1c2ccccc2-c2ccccc21)C(=O)OC(c1ccccc1)(c1ccc(C)cc1)c1ccccc1Cl. The summed E-state index contributed by atoms with van der Waals surface area (Å²) in [5.41, 5.74) is 6.33. The monoisotopic (exact) mass is 643 g/mol. The summed E-state index contributed by atoms with van der Waals surface area (Å²) < 4.78 is 12.5. The van der Waals surface area contributed by atoms with Crippen LogP contribution < -0.4 is 5.32 Å². The first-order valence-electron chi connectivity index (χ1n) is 16.1. The van der Waals surface area contributed by atoms with Gasteiger partial charge in [-0.3, -0.25) is 0 Å². The normalized spacial score (nSPS) is 13.9. The first kappa shape index (κ1) is 32.1. The Bertz CT molecular complexity index is 1810. The summed E-state index contributed by atoms with van der Waals surface area (Å²) in [5, 5.41) is 3.31. The number of benzene rings is 5. The highest BCUT2D eigenvalue weighted by molar-refractivity contribution is 6.31. The van der Waals surface area contributed by atoms with Crippen LogP contribution in [0.3, 0.4) is 0 Å². The van der Waals surface area contributed by atoms with E-state index in [1.807, 2.05) is 111 Å². The van der Waals surface area contributed by atoms with E-state index in [-0.39, 0.29) is 12.5 Å². The lowest BCUT2D eigenvalue weighted by Crippen LogP contribution is -2.46. The highest BCUT2D eigenvalue weighted by atomic mass is 35.5. The van der Waals surface area contributed by atoms with Gasteiger partial charge in [0.25, 0.3) is 0 Å². The summed E-state index contributed by atoms with van der Waals surface area (Å²) >= 11 is 6.86. The summed E-state index contributed by atoms with van der Waals surface area (Å²) in [6.45, 7) is 4.20. The van der Waals surface area contributed by atoms with Crippen molar-refractivity contribution in [1.82, 2.24) is 5.32 Å². The first-order chi connectivity index (χ1) is 22.9. The van der Waals surface area contributed by atoms with Crippen LogP contribution in [-0.2, 0) is 19.9 Å². The maximum absolute atomic E-state index is 14.4. The van der Waals surface area contributed by atoms with Crippen LogP contribution in [0, 0.1) is 6.92 Å². The number of ether oxygens (including phenoxy) is 2. The molecule has 0 heterocycles. The fourth-order valence-electron chi connectivity index (χ4n) is 6.52.